The molecular weight excluding hydrogens is 484 g/mol. The Morgan fingerprint density at radius 2 is 1.65 bits per heavy atom. The minimum absolute atomic E-state index is 0.00348. The number of carbonyl (C=O) groups is 2. The Hall–Kier alpha value is -1.96. The van der Waals surface area contributed by atoms with Gasteiger partial charge in [-0.25, -0.2) is 9.59 Å². The van der Waals surface area contributed by atoms with Crippen LogP contribution in [0.3, 0.4) is 0 Å². The summed E-state index contributed by atoms with van der Waals surface area (Å²) in [6, 6.07) is 8.82. The van der Waals surface area contributed by atoms with Gasteiger partial charge in [-0.3, -0.25) is 0 Å². The van der Waals surface area contributed by atoms with Crippen molar-refractivity contribution in [2.45, 2.75) is 105 Å². The molecule has 1 N–H and O–H groups in total. The van der Waals surface area contributed by atoms with E-state index in [4.69, 9.17) is 13.9 Å². The summed E-state index contributed by atoms with van der Waals surface area (Å²) < 4.78 is 17.7. The van der Waals surface area contributed by atoms with Crippen LogP contribution in [0, 0.1) is 17.3 Å². The number of allylic oxidation sites excluding steroid dienone is 1. The van der Waals surface area contributed by atoms with Gasteiger partial charge in [0.1, 0.15) is 17.8 Å². The third-order valence-electron chi connectivity index (χ3n) is 7.89. The zero-order valence-corrected chi connectivity index (χ0v) is 25.7. The SMILES string of the molecule is C/C(=C\[C@@H]1[C@H](C[C@@H](OC(=O)c2ccccc2)[C@H](O)CO[Si](C)(C)C(C)(C)C)C1(C)C)C(=O)OC(C)(C)C. The number of hydrogen-bond donors (Lipinski definition) is 1. The van der Waals surface area contributed by atoms with E-state index < -0.39 is 32.1 Å². The van der Waals surface area contributed by atoms with E-state index >= 15 is 0 Å². The van der Waals surface area contributed by atoms with E-state index in [1.807, 2.05) is 32.9 Å². The summed E-state index contributed by atoms with van der Waals surface area (Å²) in [5.41, 5.74) is 0.337. The molecule has 0 heterocycles. The summed E-state index contributed by atoms with van der Waals surface area (Å²) in [4.78, 5) is 25.4. The first kappa shape index (κ1) is 31.3. The van der Waals surface area contributed by atoms with Gasteiger partial charge in [0.15, 0.2) is 8.32 Å². The van der Waals surface area contributed by atoms with Crippen LogP contribution in [-0.4, -0.2) is 49.8 Å². The molecule has 0 saturated heterocycles. The molecule has 1 aromatic rings. The normalized spacial score (nSPS) is 21.7. The van der Waals surface area contributed by atoms with Crippen molar-refractivity contribution in [2.75, 3.05) is 6.61 Å². The summed E-state index contributed by atoms with van der Waals surface area (Å²) in [5, 5.41) is 11.2. The Morgan fingerprint density at radius 3 is 2.16 bits per heavy atom. The van der Waals surface area contributed by atoms with Crippen molar-refractivity contribution < 1.29 is 28.6 Å². The predicted molar refractivity (Wildman–Crippen MR) is 150 cm³/mol. The van der Waals surface area contributed by atoms with Crippen molar-refractivity contribution in [3.05, 3.63) is 47.5 Å². The average molecular weight is 533 g/mol. The number of rotatable bonds is 10. The molecule has 1 aliphatic carbocycles. The molecule has 0 unspecified atom stereocenters. The molecule has 2 rings (SSSR count). The van der Waals surface area contributed by atoms with E-state index in [0.29, 0.717) is 17.6 Å². The molecule has 1 aromatic carbocycles. The lowest BCUT2D eigenvalue weighted by Crippen LogP contribution is -2.45. The van der Waals surface area contributed by atoms with Crippen LogP contribution in [0.4, 0.5) is 0 Å². The quantitative estimate of drug-likeness (QED) is 0.209. The fraction of sp³-hybridized carbons (Fsp3) is 0.667. The van der Waals surface area contributed by atoms with Crippen LogP contribution in [0.5, 0.6) is 0 Å². The standard InChI is InChI=1S/C30H48O6Si/c1-20(26(32)36-28(2,3)4)17-22-23(30(22,8)9)18-25(35-27(33)21-15-13-12-14-16-21)24(31)19-34-37(10,11)29(5,6)7/h12-17,22-25,31H,18-19H2,1-11H3/b20-17+/t22-,23+,24-,25-/m1/s1. The number of aliphatic hydroxyl groups excluding tert-OH is 1. The second kappa shape index (κ2) is 11.4. The molecular formula is C30H48O6Si. The van der Waals surface area contributed by atoms with Crippen molar-refractivity contribution in [2.24, 2.45) is 17.3 Å². The number of benzene rings is 1. The number of hydrogen-bond acceptors (Lipinski definition) is 6. The molecule has 0 aliphatic heterocycles. The van der Waals surface area contributed by atoms with Gasteiger partial charge in [-0.05, 0) is 81.6 Å². The van der Waals surface area contributed by atoms with Gasteiger partial charge < -0.3 is 19.0 Å². The molecule has 0 radical (unpaired) electrons. The molecule has 1 saturated carbocycles. The Morgan fingerprint density at radius 1 is 1.08 bits per heavy atom. The molecule has 0 amide bonds. The van der Waals surface area contributed by atoms with Gasteiger partial charge in [-0.2, -0.15) is 0 Å². The van der Waals surface area contributed by atoms with E-state index in [2.05, 4.69) is 47.7 Å². The number of esters is 2. The first-order valence-electron chi connectivity index (χ1n) is 13.3. The molecule has 7 heteroatoms. The zero-order valence-electron chi connectivity index (χ0n) is 24.7. The van der Waals surface area contributed by atoms with Crippen LogP contribution in [0.25, 0.3) is 0 Å². The van der Waals surface area contributed by atoms with Crippen molar-refractivity contribution in [1.29, 1.82) is 0 Å². The minimum atomic E-state index is -2.10. The summed E-state index contributed by atoms with van der Waals surface area (Å²) in [6.45, 7) is 22.4. The maximum Gasteiger partial charge on any atom is 0.338 e. The maximum absolute atomic E-state index is 12.9. The molecule has 1 aliphatic rings. The monoisotopic (exact) mass is 532 g/mol. The van der Waals surface area contributed by atoms with Gasteiger partial charge in [-0.1, -0.05) is 58.9 Å². The van der Waals surface area contributed by atoms with Gasteiger partial charge in [0.25, 0.3) is 0 Å². The zero-order chi connectivity index (χ0) is 28.4. The van der Waals surface area contributed by atoms with Crippen LogP contribution < -0.4 is 0 Å². The Kier molecular flexibility index (Phi) is 9.65. The Labute approximate surface area is 224 Å². The van der Waals surface area contributed by atoms with Crippen molar-refractivity contribution >= 4 is 20.3 Å². The lowest BCUT2D eigenvalue weighted by Gasteiger charge is -2.37. The van der Waals surface area contributed by atoms with E-state index in [1.165, 1.54) is 0 Å². The van der Waals surface area contributed by atoms with Gasteiger partial charge in [0.2, 0.25) is 0 Å². The number of carbonyl (C=O) groups excluding carboxylic acids is 2. The maximum atomic E-state index is 12.9. The van der Waals surface area contributed by atoms with Gasteiger partial charge in [0, 0.05) is 5.57 Å². The third-order valence-corrected chi connectivity index (χ3v) is 12.4. The van der Waals surface area contributed by atoms with Crippen LogP contribution in [0.15, 0.2) is 42.0 Å². The first-order valence-corrected chi connectivity index (χ1v) is 16.2. The molecule has 208 valence electrons. The highest BCUT2D eigenvalue weighted by Crippen LogP contribution is 2.61. The van der Waals surface area contributed by atoms with E-state index in [-0.39, 0.29) is 34.9 Å². The summed E-state index contributed by atoms with van der Waals surface area (Å²) in [5.74, 6) is -0.566. The average Bonchev–Trinajstić information content (AvgIpc) is 3.27. The third kappa shape index (κ3) is 8.52. The second-order valence-electron chi connectivity index (χ2n) is 13.5. The molecule has 1 fully saturated rings. The van der Waals surface area contributed by atoms with E-state index in [1.54, 1.807) is 31.2 Å². The van der Waals surface area contributed by atoms with E-state index in [0.717, 1.165) is 0 Å². The Balaban J connectivity index is 2.21. The molecule has 37 heavy (non-hydrogen) atoms. The second-order valence-corrected chi connectivity index (χ2v) is 18.3. The van der Waals surface area contributed by atoms with E-state index in [9.17, 15) is 14.7 Å². The summed E-state index contributed by atoms with van der Waals surface area (Å²) in [7, 11) is -2.10. The largest absolute Gasteiger partial charge is 0.457 e. The number of aliphatic hydroxyl groups is 1. The molecule has 6 nitrogen and oxygen atoms in total. The van der Waals surface area contributed by atoms with Crippen LogP contribution in [0.2, 0.25) is 18.1 Å². The van der Waals surface area contributed by atoms with Gasteiger partial charge in [0.05, 0.1) is 12.2 Å². The van der Waals surface area contributed by atoms with Gasteiger partial charge in [-0.15, -0.1) is 0 Å². The highest BCUT2D eigenvalue weighted by Gasteiger charge is 2.57. The lowest BCUT2D eigenvalue weighted by atomic mass is 10.0. The van der Waals surface area contributed by atoms with Crippen LogP contribution >= 0.6 is 0 Å². The topological polar surface area (TPSA) is 82.1 Å². The fourth-order valence-corrected chi connectivity index (χ4v) is 5.22. The smallest absolute Gasteiger partial charge is 0.338 e. The molecule has 4 atom stereocenters. The number of ether oxygens (including phenoxy) is 2. The predicted octanol–water partition coefficient (Wildman–Crippen LogP) is 6.55. The van der Waals surface area contributed by atoms with Crippen molar-refractivity contribution in [3.8, 4) is 0 Å². The molecule has 0 bridgehead atoms. The van der Waals surface area contributed by atoms with Crippen molar-refractivity contribution in [1.82, 2.24) is 0 Å². The fourth-order valence-electron chi connectivity index (χ4n) is 4.20. The molecule has 0 spiro atoms. The van der Waals surface area contributed by atoms with Gasteiger partial charge >= 0.3 is 11.9 Å². The minimum Gasteiger partial charge on any atom is -0.457 e. The van der Waals surface area contributed by atoms with Crippen LogP contribution in [-0.2, 0) is 18.7 Å². The molecule has 0 aromatic heterocycles. The van der Waals surface area contributed by atoms with Crippen LogP contribution in [0.1, 0.15) is 79.1 Å². The highest BCUT2D eigenvalue weighted by molar-refractivity contribution is 6.74. The lowest BCUT2D eigenvalue weighted by molar-refractivity contribution is -0.149. The van der Waals surface area contributed by atoms with Crippen molar-refractivity contribution in [3.63, 3.8) is 0 Å². The summed E-state index contributed by atoms with van der Waals surface area (Å²) in [6.07, 6.45) is 0.737. The summed E-state index contributed by atoms with van der Waals surface area (Å²) >= 11 is 0. The highest BCUT2D eigenvalue weighted by atomic mass is 28.4. The Bertz CT molecular complexity index is 968. The first-order chi connectivity index (χ1) is 16.8.